The van der Waals surface area contributed by atoms with Crippen molar-refractivity contribution in [2.75, 3.05) is 19.6 Å². The molecule has 0 radical (unpaired) electrons. The van der Waals surface area contributed by atoms with Crippen molar-refractivity contribution in [3.8, 4) is 5.75 Å². The molecule has 0 aliphatic heterocycles. The third-order valence-electron chi connectivity index (χ3n) is 4.60. The fourth-order valence-electron chi connectivity index (χ4n) is 3.14. The minimum Gasteiger partial charge on any atom is -0.486 e. The Bertz CT molecular complexity index is 778. The Morgan fingerprint density at radius 1 is 0.960 bits per heavy atom. The van der Waals surface area contributed by atoms with Gasteiger partial charge in [-0.2, -0.15) is 0 Å². The van der Waals surface area contributed by atoms with E-state index in [4.69, 9.17) is 9.72 Å². The first-order valence-electron chi connectivity index (χ1n) is 9.16. The lowest BCUT2D eigenvalue weighted by atomic mass is 10.3. The van der Waals surface area contributed by atoms with Gasteiger partial charge in [-0.3, -0.25) is 0 Å². The molecule has 0 aliphatic carbocycles. The van der Waals surface area contributed by atoms with E-state index in [0.717, 1.165) is 49.7 Å². The van der Waals surface area contributed by atoms with Gasteiger partial charge in [-0.15, -0.1) is 0 Å². The standard InChI is InChI=1S/C21H27N3O/c1-3-23(4-2)15-10-16-24-20-14-9-8-13-19(20)22-21(24)17-25-18-11-6-5-7-12-18/h5-9,11-14H,3-4,10,15-17H2,1-2H3. The number of hydrogen-bond donors (Lipinski definition) is 0. The molecule has 1 heterocycles. The van der Waals surface area contributed by atoms with Gasteiger partial charge in [-0.05, 0) is 50.3 Å². The summed E-state index contributed by atoms with van der Waals surface area (Å²) in [5, 5.41) is 0. The van der Waals surface area contributed by atoms with Crippen LogP contribution in [0, 0.1) is 0 Å². The Labute approximate surface area is 150 Å². The number of ether oxygens (including phenoxy) is 1. The molecule has 3 rings (SSSR count). The van der Waals surface area contributed by atoms with Crippen molar-refractivity contribution >= 4 is 11.0 Å². The second kappa shape index (κ2) is 8.67. The van der Waals surface area contributed by atoms with Gasteiger partial charge >= 0.3 is 0 Å². The molecule has 2 aromatic carbocycles. The lowest BCUT2D eigenvalue weighted by molar-refractivity contribution is 0.279. The van der Waals surface area contributed by atoms with Crippen molar-refractivity contribution < 1.29 is 4.74 Å². The maximum atomic E-state index is 5.94. The number of nitrogens with zero attached hydrogens (tertiary/aromatic N) is 3. The molecule has 0 amide bonds. The third kappa shape index (κ3) is 4.40. The van der Waals surface area contributed by atoms with E-state index >= 15 is 0 Å². The lowest BCUT2D eigenvalue weighted by Crippen LogP contribution is -2.25. The Morgan fingerprint density at radius 3 is 2.44 bits per heavy atom. The van der Waals surface area contributed by atoms with E-state index in [1.54, 1.807) is 0 Å². The smallest absolute Gasteiger partial charge is 0.147 e. The molecule has 0 saturated carbocycles. The molecule has 0 unspecified atom stereocenters. The minimum absolute atomic E-state index is 0.490. The summed E-state index contributed by atoms with van der Waals surface area (Å²) >= 11 is 0. The SMILES string of the molecule is CCN(CC)CCCn1c(COc2ccccc2)nc2ccccc21. The summed E-state index contributed by atoms with van der Waals surface area (Å²) in [6.45, 7) is 9.20. The van der Waals surface area contributed by atoms with Crippen molar-refractivity contribution in [1.29, 1.82) is 0 Å². The van der Waals surface area contributed by atoms with Gasteiger partial charge in [-0.25, -0.2) is 4.98 Å². The van der Waals surface area contributed by atoms with Gasteiger partial charge < -0.3 is 14.2 Å². The number of para-hydroxylation sites is 3. The zero-order chi connectivity index (χ0) is 17.5. The van der Waals surface area contributed by atoms with E-state index in [1.165, 1.54) is 5.52 Å². The number of aryl methyl sites for hydroxylation is 1. The maximum absolute atomic E-state index is 5.94. The average Bonchev–Trinajstić information content (AvgIpc) is 3.02. The highest BCUT2D eigenvalue weighted by Gasteiger charge is 2.11. The Balaban J connectivity index is 1.74. The summed E-state index contributed by atoms with van der Waals surface area (Å²) in [6, 6.07) is 18.3. The van der Waals surface area contributed by atoms with E-state index in [1.807, 2.05) is 36.4 Å². The first kappa shape index (κ1) is 17.5. The van der Waals surface area contributed by atoms with E-state index in [9.17, 15) is 0 Å². The van der Waals surface area contributed by atoms with Gasteiger partial charge in [0, 0.05) is 6.54 Å². The van der Waals surface area contributed by atoms with Gasteiger partial charge in [0.05, 0.1) is 11.0 Å². The molecular formula is C21H27N3O. The molecule has 25 heavy (non-hydrogen) atoms. The molecule has 0 atom stereocenters. The summed E-state index contributed by atoms with van der Waals surface area (Å²) in [4.78, 5) is 7.25. The summed E-state index contributed by atoms with van der Waals surface area (Å²) < 4.78 is 8.25. The quantitative estimate of drug-likeness (QED) is 0.581. The third-order valence-corrected chi connectivity index (χ3v) is 4.60. The summed E-state index contributed by atoms with van der Waals surface area (Å²) in [5.41, 5.74) is 2.23. The van der Waals surface area contributed by atoms with Gasteiger partial charge in [0.2, 0.25) is 0 Å². The van der Waals surface area contributed by atoms with Crippen LogP contribution in [0.25, 0.3) is 11.0 Å². The van der Waals surface area contributed by atoms with Crippen LogP contribution < -0.4 is 4.74 Å². The van der Waals surface area contributed by atoms with E-state index in [-0.39, 0.29) is 0 Å². The summed E-state index contributed by atoms with van der Waals surface area (Å²) in [5.74, 6) is 1.87. The van der Waals surface area contributed by atoms with E-state index in [2.05, 4.69) is 41.5 Å². The van der Waals surface area contributed by atoms with Crippen LogP contribution in [0.5, 0.6) is 5.75 Å². The monoisotopic (exact) mass is 337 g/mol. The summed E-state index contributed by atoms with van der Waals surface area (Å²) in [7, 11) is 0. The number of benzene rings is 2. The fourth-order valence-corrected chi connectivity index (χ4v) is 3.14. The van der Waals surface area contributed by atoms with Gasteiger partial charge in [0.25, 0.3) is 0 Å². The van der Waals surface area contributed by atoms with Gasteiger partial charge in [-0.1, -0.05) is 44.2 Å². The van der Waals surface area contributed by atoms with Crippen LogP contribution in [-0.2, 0) is 13.2 Å². The molecule has 4 nitrogen and oxygen atoms in total. The lowest BCUT2D eigenvalue weighted by Gasteiger charge is -2.18. The molecule has 0 saturated heterocycles. The normalized spacial score (nSPS) is 11.3. The molecule has 0 bridgehead atoms. The molecule has 1 aromatic heterocycles. The molecular weight excluding hydrogens is 310 g/mol. The molecule has 3 aromatic rings. The van der Waals surface area contributed by atoms with Crippen molar-refractivity contribution in [2.24, 2.45) is 0 Å². The highest BCUT2D eigenvalue weighted by molar-refractivity contribution is 5.75. The maximum Gasteiger partial charge on any atom is 0.147 e. The van der Waals surface area contributed by atoms with Crippen LogP contribution in [0.1, 0.15) is 26.1 Å². The Morgan fingerprint density at radius 2 is 1.68 bits per heavy atom. The van der Waals surface area contributed by atoms with Crippen LogP contribution in [-0.4, -0.2) is 34.1 Å². The van der Waals surface area contributed by atoms with Gasteiger partial charge in [0.1, 0.15) is 18.2 Å². The molecule has 132 valence electrons. The number of imidazole rings is 1. The second-order valence-electron chi connectivity index (χ2n) is 6.15. The predicted octanol–water partition coefficient (Wildman–Crippen LogP) is 4.35. The molecule has 0 spiro atoms. The van der Waals surface area contributed by atoms with Crippen molar-refractivity contribution in [1.82, 2.24) is 14.5 Å². The van der Waals surface area contributed by atoms with Crippen LogP contribution in [0.3, 0.4) is 0 Å². The first-order valence-corrected chi connectivity index (χ1v) is 9.16. The van der Waals surface area contributed by atoms with Crippen LogP contribution in [0.15, 0.2) is 54.6 Å². The second-order valence-corrected chi connectivity index (χ2v) is 6.15. The van der Waals surface area contributed by atoms with Crippen molar-refractivity contribution in [3.63, 3.8) is 0 Å². The van der Waals surface area contributed by atoms with E-state index < -0.39 is 0 Å². The zero-order valence-electron chi connectivity index (χ0n) is 15.2. The van der Waals surface area contributed by atoms with Gasteiger partial charge in [0.15, 0.2) is 0 Å². The molecule has 4 heteroatoms. The average molecular weight is 337 g/mol. The van der Waals surface area contributed by atoms with Crippen molar-refractivity contribution in [3.05, 3.63) is 60.4 Å². The largest absolute Gasteiger partial charge is 0.486 e. The number of rotatable bonds is 9. The Kier molecular flexibility index (Phi) is 6.07. The predicted molar refractivity (Wildman–Crippen MR) is 103 cm³/mol. The fraction of sp³-hybridized carbons (Fsp3) is 0.381. The van der Waals surface area contributed by atoms with Crippen LogP contribution in [0.2, 0.25) is 0 Å². The van der Waals surface area contributed by atoms with E-state index in [0.29, 0.717) is 6.61 Å². The molecule has 0 N–H and O–H groups in total. The molecule has 0 fully saturated rings. The first-order chi connectivity index (χ1) is 12.3. The topological polar surface area (TPSA) is 30.3 Å². The number of hydrogen-bond acceptors (Lipinski definition) is 3. The number of aromatic nitrogens is 2. The summed E-state index contributed by atoms with van der Waals surface area (Å²) in [6.07, 6.45) is 1.11. The van der Waals surface area contributed by atoms with Crippen molar-refractivity contribution in [2.45, 2.75) is 33.4 Å². The van der Waals surface area contributed by atoms with Crippen LogP contribution >= 0.6 is 0 Å². The number of fused-ring (bicyclic) bond motifs is 1. The van der Waals surface area contributed by atoms with Crippen LogP contribution in [0.4, 0.5) is 0 Å². The minimum atomic E-state index is 0.490. The highest BCUT2D eigenvalue weighted by Crippen LogP contribution is 2.19. The zero-order valence-corrected chi connectivity index (χ0v) is 15.2. The Hall–Kier alpha value is -2.33. The molecule has 0 aliphatic rings. The highest BCUT2D eigenvalue weighted by atomic mass is 16.5.